The Labute approximate surface area is 130 Å². The Morgan fingerprint density at radius 2 is 1.76 bits per heavy atom. The molecule has 21 heavy (non-hydrogen) atoms. The molecular weight excluding hydrogens is 280 g/mol. The molecule has 0 amide bonds. The topological polar surface area (TPSA) is 47.6 Å². The Kier molecular flexibility index (Phi) is 5.69. The molecule has 0 fully saturated rings. The lowest BCUT2D eigenvalue weighted by Gasteiger charge is -2.06. The average molecular weight is 300 g/mol. The SMILES string of the molecule is Cc1cc(C)cc(N=C(N)SCCOc2ccccc2)c1. The largest absolute Gasteiger partial charge is 0.493 e. The number of benzene rings is 2. The Morgan fingerprint density at radius 3 is 2.43 bits per heavy atom. The third-order valence-electron chi connectivity index (χ3n) is 2.79. The number of amidine groups is 1. The van der Waals surface area contributed by atoms with Crippen molar-refractivity contribution in [3.8, 4) is 5.75 Å². The molecule has 0 saturated carbocycles. The van der Waals surface area contributed by atoms with Gasteiger partial charge in [0.25, 0.3) is 0 Å². The Hall–Kier alpha value is -1.94. The van der Waals surface area contributed by atoms with E-state index in [4.69, 9.17) is 10.5 Å². The van der Waals surface area contributed by atoms with Gasteiger partial charge in [0.05, 0.1) is 12.3 Å². The van der Waals surface area contributed by atoms with Crippen molar-refractivity contribution in [1.29, 1.82) is 0 Å². The van der Waals surface area contributed by atoms with Crippen LogP contribution in [0, 0.1) is 13.8 Å². The molecule has 2 N–H and O–H groups in total. The second kappa shape index (κ2) is 7.74. The minimum Gasteiger partial charge on any atom is -0.493 e. The van der Waals surface area contributed by atoms with Crippen LogP contribution >= 0.6 is 11.8 Å². The molecule has 0 saturated heterocycles. The molecule has 2 aromatic rings. The lowest BCUT2D eigenvalue weighted by atomic mass is 10.1. The molecule has 0 unspecified atom stereocenters. The van der Waals surface area contributed by atoms with E-state index < -0.39 is 0 Å². The predicted octanol–water partition coefficient (Wildman–Crippen LogP) is 4.06. The van der Waals surface area contributed by atoms with E-state index in [-0.39, 0.29) is 0 Å². The van der Waals surface area contributed by atoms with Crippen LogP contribution in [0.25, 0.3) is 0 Å². The maximum atomic E-state index is 5.94. The molecule has 0 aromatic heterocycles. The van der Waals surface area contributed by atoms with E-state index >= 15 is 0 Å². The third kappa shape index (κ3) is 5.52. The molecule has 0 aliphatic rings. The number of thioether (sulfide) groups is 1. The number of aryl methyl sites for hydroxylation is 2. The Balaban J connectivity index is 1.81. The summed E-state index contributed by atoms with van der Waals surface area (Å²) in [7, 11) is 0. The van der Waals surface area contributed by atoms with Crippen molar-refractivity contribution in [3.63, 3.8) is 0 Å². The molecule has 0 bridgehead atoms. The molecule has 3 nitrogen and oxygen atoms in total. The lowest BCUT2D eigenvalue weighted by molar-refractivity contribution is 0.344. The highest BCUT2D eigenvalue weighted by Gasteiger charge is 1.99. The van der Waals surface area contributed by atoms with Crippen molar-refractivity contribution in [2.45, 2.75) is 13.8 Å². The van der Waals surface area contributed by atoms with Crippen molar-refractivity contribution in [1.82, 2.24) is 0 Å². The zero-order valence-corrected chi connectivity index (χ0v) is 13.2. The maximum Gasteiger partial charge on any atom is 0.159 e. The first-order valence-electron chi connectivity index (χ1n) is 6.86. The molecule has 0 radical (unpaired) electrons. The number of hydrogen-bond acceptors (Lipinski definition) is 3. The summed E-state index contributed by atoms with van der Waals surface area (Å²) in [6, 6.07) is 15.9. The zero-order valence-electron chi connectivity index (χ0n) is 12.4. The molecule has 2 aromatic carbocycles. The minimum absolute atomic E-state index is 0.566. The predicted molar refractivity (Wildman–Crippen MR) is 91.6 cm³/mol. The van der Waals surface area contributed by atoms with Crippen molar-refractivity contribution in [2.75, 3.05) is 12.4 Å². The first-order valence-corrected chi connectivity index (χ1v) is 7.85. The number of rotatable bonds is 5. The lowest BCUT2D eigenvalue weighted by Crippen LogP contribution is -2.10. The van der Waals surface area contributed by atoms with Crippen LogP contribution in [0.15, 0.2) is 53.5 Å². The molecule has 0 spiro atoms. The molecule has 2 rings (SSSR count). The van der Waals surface area contributed by atoms with Crippen molar-refractivity contribution in [2.24, 2.45) is 10.7 Å². The summed E-state index contributed by atoms with van der Waals surface area (Å²) in [4.78, 5) is 4.43. The number of nitrogens with zero attached hydrogens (tertiary/aromatic N) is 1. The summed E-state index contributed by atoms with van der Waals surface area (Å²) in [5.74, 6) is 1.65. The average Bonchev–Trinajstić information content (AvgIpc) is 2.43. The van der Waals surface area contributed by atoms with Crippen LogP contribution in [0.1, 0.15) is 11.1 Å². The van der Waals surface area contributed by atoms with Crippen LogP contribution in [0.2, 0.25) is 0 Å². The third-order valence-corrected chi connectivity index (χ3v) is 3.55. The number of para-hydroxylation sites is 1. The van der Waals surface area contributed by atoms with Crippen molar-refractivity contribution >= 4 is 22.6 Å². The van der Waals surface area contributed by atoms with Crippen LogP contribution in [-0.4, -0.2) is 17.5 Å². The highest BCUT2D eigenvalue weighted by Crippen LogP contribution is 2.18. The summed E-state index contributed by atoms with van der Waals surface area (Å²) in [5.41, 5.74) is 9.23. The fraction of sp³-hybridized carbons (Fsp3) is 0.235. The fourth-order valence-corrected chi connectivity index (χ4v) is 2.54. The van der Waals surface area contributed by atoms with Crippen LogP contribution in [0.4, 0.5) is 5.69 Å². The van der Waals surface area contributed by atoms with E-state index in [0.717, 1.165) is 17.2 Å². The van der Waals surface area contributed by atoms with Gasteiger partial charge in [-0.2, -0.15) is 0 Å². The van der Waals surface area contributed by atoms with E-state index in [1.54, 1.807) is 0 Å². The van der Waals surface area contributed by atoms with Gasteiger partial charge >= 0.3 is 0 Å². The normalized spacial score (nSPS) is 11.4. The van der Waals surface area contributed by atoms with E-state index in [0.29, 0.717) is 11.8 Å². The van der Waals surface area contributed by atoms with E-state index in [1.807, 2.05) is 42.5 Å². The van der Waals surface area contributed by atoms with Crippen LogP contribution in [0.5, 0.6) is 5.75 Å². The van der Waals surface area contributed by atoms with Gasteiger partial charge in [-0.05, 0) is 49.2 Å². The summed E-state index contributed by atoms with van der Waals surface area (Å²) in [6.45, 7) is 4.73. The first kappa shape index (κ1) is 15.4. The van der Waals surface area contributed by atoms with Gasteiger partial charge in [0.15, 0.2) is 5.17 Å². The quantitative estimate of drug-likeness (QED) is 0.514. The Bertz CT molecular complexity index is 591. The zero-order chi connectivity index (χ0) is 15.1. The van der Waals surface area contributed by atoms with Gasteiger partial charge in [-0.1, -0.05) is 36.0 Å². The number of hydrogen-bond donors (Lipinski definition) is 1. The fourth-order valence-electron chi connectivity index (χ4n) is 2.00. The van der Waals surface area contributed by atoms with Gasteiger partial charge in [-0.3, -0.25) is 0 Å². The van der Waals surface area contributed by atoms with Gasteiger partial charge in [0.1, 0.15) is 5.75 Å². The summed E-state index contributed by atoms with van der Waals surface area (Å²) in [6.07, 6.45) is 0. The molecule has 0 aliphatic carbocycles. The summed E-state index contributed by atoms with van der Waals surface area (Å²) in [5, 5.41) is 0.566. The van der Waals surface area contributed by atoms with E-state index in [9.17, 15) is 0 Å². The van der Waals surface area contributed by atoms with Gasteiger partial charge in [-0.25, -0.2) is 4.99 Å². The smallest absolute Gasteiger partial charge is 0.159 e. The van der Waals surface area contributed by atoms with Gasteiger partial charge in [-0.15, -0.1) is 0 Å². The second-order valence-corrected chi connectivity index (χ2v) is 5.92. The number of nitrogens with two attached hydrogens (primary N) is 1. The van der Waals surface area contributed by atoms with E-state index in [1.165, 1.54) is 22.9 Å². The van der Waals surface area contributed by atoms with Crippen molar-refractivity contribution in [3.05, 3.63) is 59.7 Å². The van der Waals surface area contributed by atoms with Gasteiger partial charge in [0, 0.05) is 5.75 Å². The molecule has 4 heteroatoms. The second-order valence-electron chi connectivity index (χ2n) is 4.81. The van der Waals surface area contributed by atoms with Crippen LogP contribution in [0.3, 0.4) is 0 Å². The van der Waals surface area contributed by atoms with Gasteiger partial charge < -0.3 is 10.5 Å². The maximum absolute atomic E-state index is 5.94. The number of ether oxygens (including phenoxy) is 1. The summed E-state index contributed by atoms with van der Waals surface area (Å²) >= 11 is 1.50. The minimum atomic E-state index is 0.566. The highest BCUT2D eigenvalue weighted by atomic mass is 32.2. The first-order chi connectivity index (χ1) is 10.1. The Morgan fingerprint density at radius 1 is 1.10 bits per heavy atom. The molecule has 0 heterocycles. The van der Waals surface area contributed by atoms with Gasteiger partial charge in [0.2, 0.25) is 0 Å². The van der Waals surface area contributed by atoms with E-state index in [2.05, 4.69) is 24.9 Å². The highest BCUT2D eigenvalue weighted by molar-refractivity contribution is 8.13. The molecule has 0 aliphatic heterocycles. The molecule has 0 atom stereocenters. The van der Waals surface area contributed by atoms with Crippen LogP contribution < -0.4 is 10.5 Å². The summed E-state index contributed by atoms with van der Waals surface area (Å²) < 4.78 is 5.61. The number of aliphatic imine (C=N–C) groups is 1. The standard InChI is InChI=1S/C17H20N2OS/c1-13-10-14(2)12-15(11-13)19-17(18)21-9-8-20-16-6-4-3-5-7-16/h3-7,10-12H,8-9H2,1-2H3,(H2,18,19). The van der Waals surface area contributed by atoms with Crippen molar-refractivity contribution < 1.29 is 4.74 Å². The monoisotopic (exact) mass is 300 g/mol. The molecule has 110 valence electrons. The van der Waals surface area contributed by atoms with Crippen LogP contribution in [-0.2, 0) is 0 Å². The molecular formula is C17H20N2OS.